The van der Waals surface area contributed by atoms with E-state index in [1.165, 1.54) is 44.0 Å². The lowest BCUT2D eigenvalue weighted by Gasteiger charge is -2.31. The summed E-state index contributed by atoms with van der Waals surface area (Å²) in [5.74, 6) is 1.43. The minimum atomic E-state index is -0.0654. The minimum absolute atomic E-state index is 0.0654. The van der Waals surface area contributed by atoms with Crippen molar-refractivity contribution in [3.05, 3.63) is 47.5 Å². The number of anilines is 1. The maximum absolute atomic E-state index is 11.2. The molecule has 0 unspecified atom stereocenters. The summed E-state index contributed by atoms with van der Waals surface area (Å²) in [5, 5.41) is 2.80. The molecule has 0 saturated carbocycles. The van der Waals surface area contributed by atoms with Gasteiger partial charge in [0.2, 0.25) is 5.91 Å². The molecule has 1 saturated heterocycles. The monoisotopic (exact) mass is 376 g/mol. The van der Waals surface area contributed by atoms with E-state index in [0.717, 1.165) is 34.7 Å². The van der Waals surface area contributed by atoms with Crippen LogP contribution >= 0.6 is 0 Å². The predicted molar refractivity (Wildman–Crippen MR) is 115 cm³/mol. The van der Waals surface area contributed by atoms with Crippen molar-refractivity contribution in [1.29, 1.82) is 0 Å². The van der Waals surface area contributed by atoms with Crippen LogP contribution in [0.15, 0.2) is 36.4 Å². The summed E-state index contributed by atoms with van der Waals surface area (Å²) in [4.78, 5) is 22.1. The zero-order chi connectivity index (χ0) is 19.7. The number of nitrogens with one attached hydrogen (secondary N) is 2. The van der Waals surface area contributed by atoms with Crippen LogP contribution in [-0.2, 0) is 4.79 Å². The number of rotatable bonds is 4. The fraction of sp³-hybridized carbons (Fsp3) is 0.391. The van der Waals surface area contributed by atoms with Crippen LogP contribution in [0.2, 0.25) is 0 Å². The number of likely N-dealkylation sites (tertiary alicyclic amines) is 1. The Morgan fingerprint density at radius 3 is 2.57 bits per heavy atom. The summed E-state index contributed by atoms with van der Waals surface area (Å²) in [6.07, 6.45) is 2.45. The maximum Gasteiger partial charge on any atom is 0.221 e. The van der Waals surface area contributed by atoms with Crippen molar-refractivity contribution in [1.82, 2.24) is 14.9 Å². The topological polar surface area (TPSA) is 61.0 Å². The Morgan fingerprint density at radius 2 is 1.93 bits per heavy atom. The lowest BCUT2D eigenvalue weighted by atomic mass is 9.88. The first-order chi connectivity index (χ1) is 13.5. The van der Waals surface area contributed by atoms with Gasteiger partial charge in [0.1, 0.15) is 5.82 Å². The zero-order valence-corrected chi connectivity index (χ0v) is 16.9. The number of benzene rings is 2. The molecule has 1 aliphatic heterocycles. The van der Waals surface area contributed by atoms with E-state index in [9.17, 15) is 4.79 Å². The number of aromatic amines is 1. The molecule has 0 aliphatic carbocycles. The molecular formula is C23H28N4O. The highest BCUT2D eigenvalue weighted by atomic mass is 16.1. The third-order valence-electron chi connectivity index (χ3n) is 5.78. The van der Waals surface area contributed by atoms with Gasteiger partial charge in [-0.1, -0.05) is 13.0 Å². The Kier molecular flexibility index (Phi) is 5.18. The van der Waals surface area contributed by atoms with E-state index in [1.807, 2.05) is 24.3 Å². The Hall–Kier alpha value is -2.66. The Balaban J connectivity index is 1.60. The van der Waals surface area contributed by atoms with Crippen LogP contribution in [0.3, 0.4) is 0 Å². The van der Waals surface area contributed by atoms with E-state index in [-0.39, 0.29) is 5.91 Å². The average molecular weight is 377 g/mol. The average Bonchev–Trinajstić information content (AvgIpc) is 3.13. The normalized spacial score (nSPS) is 15.8. The summed E-state index contributed by atoms with van der Waals surface area (Å²) in [5.41, 5.74) is 6.61. The Bertz CT molecular complexity index is 982. The molecule has 2 aromatic carbocycles. The van der Waals surface area contributed by atoms with Crippen molar-refractivity contribution in [2.75, 3.05) is 25.0 Å². The molecule has 1 fully saturated rings. The maximum atomic E-state index is 11.2. The van der Waals surface area contributed by atoms with E-state index in [1.54, 1.807) is 0 Å². The molecule has 2 N–H and O–H groups in total. The second-order valence-electron chi connectivity index (χ2n) is 7.79. The fourth-order valence-corrected chi connectivity index (χ4v) is 4.19. The molecule has 5 heteroatoms. The molecule has 3 aromatic rings. The second-order valence-corrected chi connectivity index (χ2v) is 7.79. The van der Waals surface area contributed by atoms with Crippen LogP contribution in [-0.4, -0.2) is 40.4 Å². The van der Waals surface area contributed by atoms with Gasteiger partial charge < -0.3 is 15.2 Å². The molecular weight excluding hydrogens is 348 g/mol. The van der Waals surface area contributed by atoms with E-state index in [0.29, 0.717) is 5.92 Å². The van der Waals surface area contributed by atoms with Gasteiger partial charge in [-0.3, -0.25) is 4.79 Å². The van der Waals surface area contributed by atoms with Gasteiger partial charge in [-0.2, -0.15) is 0 Å². The molecule has 0 atom stereocenters. The highest BCUT2D eigenvalue weighted by molar-refractivity contribution is 5.89. The first-order valence-electron chi connectivity index (χ1n) is 10.1. The summed E-state index contributed by atoms with van der Waals surface area (Å²) in [6.45, 7) is 9.43. The number of fused-ring (bicyclic) bond motifs is 1. The summed E-state index contributed by atoms with van der Waals surface area (Å²) in [7, 11) is 0. The molecule has 0 bridgehead atoms. The molecule has 1 aliphatic rings. The van der Waals surface area contributed by atoms with Gasteiger partial charge in [-0.25, -0.2) is 4.98 Å². The van der Waals surface area contributed by atoms with Crippen LogP contribution in [0.25, 0.3) is 22.4 Å². The highest BCUT2D eigenvalue weighted by Crippen LogP contribution is 2.32. The van der Waals surface area contributed by atoms with Crippen LogP contribution in [0.1, 0.15) is 43.7 Å². The van der Waals surface area contributed by atoms with Gasteiger partial charge >= 0.3 is 0 Å². The van der Waals surface area contributed by atoms with Crippen molar-refractivity contribution >= 4 is 22.6 Å². The first-order valence-corrected chi connectivity index (χ1v) is 10.1. The molecule has 4 rings (SSSR count). The van der Waals surface area contributed by atoms with E-state index in [4.69, 9.17) is 4.98 Å². The zero-order valence-electron chi connectivity index (χ0n) is 16.9. The molecule has 28 heavy (non-hydrogen) atoms. The van der Waals surface area contributed by atoms with Crippen molar-refractivity contribution in [3.63, 3.8) is 0 Å². The number of carbonyl (C=O) groups excluding carboxylic acids is 1. The van der Waals surface area contributed by atoms with E-state index < -0.39 is 0 Å². The first kappa shape index (κ1) is 18.7. The molecule has 1 amide bonds. The third kappa shape index (κ3) is 3.80. The number of imidazole rings is 1. The number of hydrogen-bond donors (Lipinski definition) is 2. The lowest BCUT2D eigenvalue weighted by molar-refractivity contribution is -0.114. The van der Waals surface area contributed by atoms with Crippen molar-refractivity contribution in [3.8, 4) is 11.4 Å². The van der Waals surface area contributed by atoms with Crippen molar-refractivity contribution < 1.29 is 4.79 Å². The molecule has 2 heterocycles. The molecule has 0 spiro atoms. The van der Waals surface area contributed by atoms with Crippen LogP contribution in [0.4, 0.5) is 5.69 Å². The number of aryl methyl sites for hydroxylation is 1. The number of nitrogens with zero attached hydrogens (tertiary/aromatic N) is 2. The van der Waals surface area contributed by atoms with Gasteiger partial charge in [0, 0.05) is 18.2 Å². The summed E-state index contributed by atoms with van der Waals surface area (Å²) >= 11 is 0. The number of piperidine rings is 1. The number of hydrogen-bond acceptors (Lipinski definition) is 3. The number of amides is 1. The lowest BCUT2D eigenvalue weighted by Crippen LogP contribution is -2.32. The quantitative estimate of drug-likeness (QED) is 0.694. The number of H-pyrrole nitrogens is 1. The fourth-order valence-electron chi connectivity index (χ4n) is 4.19. The molecule has 0 radical (unpaired) electrons. The molecule has 146 valence electrons. The Morgan fingerprint density at radius 1 is 1.21 bits per heavy atom. The van der Waals surface area contributed by atoms with Crippen LogP contribution < -0.4 is 5.32 Å². The SMILES string of the molecule is CCN1CCC(c2cc(C)c3nc(-c4ccc(NC(C)=O)cc4)[nH]c3c2)CC1. The van der Waals surface area contributed by atoms with Gasteiger partial charge in [0.05, 0.1) is 11.0 Å². The standard InChI is InChI=1S/C23H28N4O/c1-4-27-11-9-17(10-12-27)19-13-15(2)22-21(14-19)25-23(26-22)18-5-7-20(8-6-18)24-16(3)28/h5-8,13-14,17H,4,9-12H2,1-3H3,(H,24,28)(H,25,26). The van der Waals surface area contributed by atoms with Gasteiger partial charge in [0.25, 0.3) is 0 Å². The summed E-state index contributed by atoms with van der Waals surface area (Å²) < 4.78 is 0. The number of aromatic nitrogens is 2. The molecule has 1 aromatic heterocycles. The van der Waals surface area contributed by atoms with E-state index >= 15 is 0 Å². The highest BCUT2D eigenvalue weighted by Gasteiger charge is 2.21. The van der Waals surface area contributed by atoms with Crippen molar-refractivity contribution in [2.45, 2.75) is 39.5 Å². The Labute approximate surface area is 166 Å². The van der Waals surface area contributed by atoms with Crippen LogP contribution in [0.5, 0.6) is 0 Å². The van der Waals surface area contributed by atoms with E-state index in [2.05, 4.69) is 41.2 Å². The smallest absolute Gasteiger partial charge is 0.221 e. The van der Waals surface area contributed by atoms with Crippen LogP contribution in [0, 0.1) is 6.92 Å². The second kappa shape index (κ2) is 7.76. The van der Waals surface area contributed by atoms with Gasteiger partial charge in [-0.05, 0) is 86.8 Å². The van der Waals surface area contributed by atoms with Gasteiger partial charge in [-0.15, -0.1) is 0 Å². The third-order valence-corrected chi connectivity index (χ3v) is 5.78. The predicted octanol–water partition coefficient (Wildman–Crippen LogP) is 4.70. The van der Waals surface area contributed by atoms with Gasteiger partial charge in [0.15, 0.2) is 0 Å². The molecule has 5 nitrogen and oxygen atoms in total. The minimum Gasteiger partial charge on any atom is -0.338 e. The van der Waals surface area contributed by atoms with Crippen molar-refractivity contribution in [2.24, 2.45) is 0 Å². The largest absolute Gasteiger partial charge is 0.338 e. The number of carbonyl (C=O) groups is 1. The summed E-state index contributed by atoms with van der Waals surface area (Å²) in [6, 6.07) is 12.4.